The molecule has 0 aromatic heterocycles. The minimum Gasteiger partial charge on any atom is -0.399 e. The summed E-state index contributed by atoms with van der Waals surface area (Å²) in [5.41, 5.74) is 0.804. The Morgan fingerprint density at radius 1 is 1.22 bits per heavy atom. The molecule has 1 atom stereocenters. The van der Waals surface area contributed by atoms with Gasteiger partial charge in [-0.1, -0.05) is 39.0 Å². The molecule has 2 rings (SSSR count). The molecular weight excluding hydrogens is 314 g/mol. The molecule has 0 bridgehead atoms. The number of benzene rings is 1. The maximum absolute atomic E-state index is 12.1. The molecule has 1 amide bonds. The number of hydrogen-bond acceptors (Lipinski definition) is 4. The second kappa shape index (κ2) is 8.82. The van der Waals surface area contributed by atoms with Crippen LogP contribution in [-0.4, -0.2) is 28.2 Å². The van der Waals surface area contributed by atoms with E-state index in [1.165, 1.54) is 31.7 Å². The standard InChI is InChI=1S/C17H23NO4S/c1-2-3-4-5-6-7-10-18-17(20)13-8-9-14-15(19)12-23(21)22-16(14)11-13/h8-9,11H,2-7,10,12H2,1H3,(H,18,20). The zero-order chi connectivity index (χ0) is 16.7. The summed E-state index contributed by atoms with van der Waals surface area (Å²) >= 11 is -1.65. The number of unbranched alkanes of at least 4 members (excludes halogenated alkanes) is 5. The molecular formula is C17H23NO4S. The summed E-state index contributed by atoms with van der Waals surface area (Å²) in [5, 5.41) is 2.86. The zero-order valence-corrected chi connectivity index (χ0v) is 14.2. The highest BCUT2D eigenvalue weighted by molar-refractivity contribution is 7.81. The topological polar surface area (TPSA) is 72.5 Å². The number of carbonyl (C=O) groups excluding carboxylic acids is 2. The van der Waals surface area contributed by atoms with Gasteiger partial charge in [0, 0.05) is 12.1 Å². The minimum absolute atomic E-state index is 0.128. The monoisotopic (exact) mass is 337 g/mol. The summed E-state index contributed by atoms with van der Waals surface area (Å²) in [6.45, 7) is 2.82. The van der Waals surface area contributed by atoms with Crippen LogP contribution in [0.4, 0.5) is 0 Å². The van der Waals surface area contributed by atoms with Crippen molar-refractivity contribution in [2.24, 2.45) is 0 Å². The van der Waals surface area contributed by atoms with E-state index < -0.39 is 11.1 Å². The zero-order valence-electron chi connectivity index (χ0n) is 13.4. The van der Waals surface area contributed by atoms with Crippen molar-refractivity contribution in [3.05, 3.63) is 29.3 Å². The van der Waals surface area contributed by atoms with Crippen LogP contribution in [0.25, 0.3) is 0 Å². The van der Waals surface area contributed by atoms with Crippen LogP contribution in [0.1, 0.15) is 66.2 Å². The fourth-order valence-electron chi connectivity index (χ4n) is 2.49. The van der Waals surface area contributed by atoms with Gasteiger partial charge >= 0.3 is 0 Å². The van der Waals surface area contributed by atoms with Crippen LogP contribution in [0.2, 0.25) is 0 Å². The highest BCUT2D eigenvalue weighted by atomic mass is 32.2. The van der Waals surface area contributed by atoms with Gasteiger partial charge in [0.2, 0.25) is 11.1 Å². The number of nitrogens with one attached hydrogen (secondary N) is 1. The molecule has 0 spiro atoms. The lowest BCUT2D eigenvalue weighted by Crippen LogP contribution is -2.26. The second-order valence-corrected chi connectivity index (χ2v) is 6.75. The van der Waals surface area contributed by atoms with E-state index in [2.05, 4.69) is 12.2 Å². The SMILES string of the molecule is CCCCCCCCNC(=O)c1ccc2c(c1)OS(=O)CC2=O. The van der Waals surface area contributed by atoms with Gasteiger partial charge < -0.3 is 9.50 Å². The lowest BCUT2D eigenvalue weighted by molar-refractivity contribution is 0.0950. The first-order valence-electron chi connectivity index (χ1n) is 8.14. The Kier molecular flexibility index (Phi) is 6.77. The van der Waals surface area contributed by atoms with Crippen LogP contribution in [0.15, 0.2) is 18.2 Å². The molecule has 0 saturated carbocycles. The highest BCUT2D eigenvalue weighted by Crippen LogP contribution is 2.26. The number of ketones is 1. The Labute approximate surface area is 139 Å². The van der Waals surface area contributed by atoms with E-state index in [0.717, 1.165) is 12.8 Å². The van der Waals surface area contributed by atoms with Crippen LogP contribution in [-0.2, 0) is 11.1 Å². The quantitative estimate of drug-likeness (QED) is 0.740. The first-order valence-corrected chi connectivity index (χ1v) is 9.38. The highest BCUT2D eigenvalue weighted by Gasteiger charge is 2.24. The van der Waals surface area contributed by atoms with Gasteiger partial charge in [0.05, 0.1) is 5.56 Å². The van der Waals surface area contributed by atoms with Crippen LogP contribution in [0, 0.1) is 0 Å². The maximum atomic E-state index is 12.1. The predicted octanol–water partition coefficient (Wildman–Crippen LogP) is 3.02. The molecule has 0 aliphatic carbocycles. The Morgan fingerprint density at radius 3 is 2.74 bits per heavy atom. The molecule has 6 heteroatoms. The van der Waals surface area contributed by atoms with E-state index in [-0.39, 0.29) is 23.2 Å². The maximum Gasteiger partial charge on any atom is 0.251 e. The van der Waals surface area contributed by atoms with Gasteiger partial charge in [-0.3, -0.25) is 9.59 Å². The van der Waals surface area contributed by atoms with Gasteiger partial charge in [0.1, 0.15) is 5.75 Å². The third kappa shape index (κ3) is 5.16. The summed E-state index contributed by atoms with van der Waals surface area (Å²) in [6, 6.07) is 4.65. The van der Waals surface area contributed by atoms with Gasteiger partial charge in [0.15, 0.2) is 11.5 Å². The van der Waals surface area contributed by atoms with Crippen molar-refractivity contribution in [3.63, 3.8) is 0 Å². The summed E-state index contributed by atoms with van der Waals surface area (Å²) in [5.74, 6) is -0.319. The fraction of sp³-hybridized carbons (Fsp3) is 0.529. The largest absolute Gasteiger partial charge is 0.399 e. The van der Waals surface area contributed by atoms with E-state index in [0.29, 0.717) is 17.7 Å². The van der Waals surface area contributed by atoms with Crippen LogP contribution in [0.5, 0.6) is 5.75 Å². The second-order valence-electron chi connectivity index (χ2n) is 5.69. The molecule has 0 fully saturated rings. The minimum atomic E-state index is -1.65. The van der Waals surface area contributed by atoms with Gasteiger partial charge in [-0.15, -0.1) is 0 Å². The molecule has 1 aromatic rings. The third-order valence-corrected chi connectivity index (χ3v) is 4.66. The van der Waals surface area contributed by atoms with E-state index in [1.807, 2.05) is 0 Å². The van der Waals surface area contributed by atoms with E-state index >= 15 is 0 Å². The summed E-state index contributed by atoms with van der Waals surface area (Å²) in [4.78, 5) is 23.8. The molecule has 1 aliphatic rings. The molecule has 1 heterocycles. The van der Waals surface area contributed by atoms with E-state index in [1.54, 1.807) is 12.1 Å². The van der Waals surface area contributed by atoms with Crippen molar-refractivity contribution in [1.82, 2.24) is 5.32 Å². The number of carbonyl (C=O) groups is 2. The molecule has 1 unspecified atom stereocenters. The average Bonchev–Trinajstić information content (AvgIpc) is 2.53. The first-order chi connectivity index (χ1) is 11.1. The number of fused-ring (bicyclic) bond motifs is 1. The van der Waals surface area contributed by atoms with Crippen molar-refractivity contribution >= 4 is 22.8 Å². The van der Waals surface area contributed by atoms with Crippen molar-refractivity contribution < 1.29 is 18.0 Å². The third-order valence-electron chi connectivity index (χ3n) is 3.79. The average molecular weight is 337 g/mol. The molecule has 0 saturated heterocycles. The molecule has 1 aliphatic heterocycles. The molecule has 5 nitrogen and oxygen atoms in total. The van der Waals surface area contributed by atoms with Crippen molar-refractivity contribution in [2.75, 3.05) is 12.3 Å². The summed E-state index contributed by atoms with van der Waals surface area (Å²) < 4.78 is 16.5. The lowest BCUT2D eigenvalue weighted by Gasteiger charge is -2.15. The molecule has 126 valence electrons. The van der Waals surface area contributed by atoms with Gasteiger partial charge in [-0.25, -0.2) is 4.21 Å². The van der Waals surface area contributed by atoms with Crippen molar-refractivity contribution in [1.29, 1.82) is 0 Å². The van der Waals surface area contributed by atoms with E-state index in [4.69, 9.17) is 4.18 Å². The molecule has 23 heavy (non-hydrogen) atoms. The number of rotatable bonds is 8. The fourth-order valence-corrected chi connectivity index (χ4v) is 3.25. The van der Waals surface area contributed by atoms with Gasteiger partial charge in [0.25, 0.3) is 5.91 Å². The van der Waals surface area contributed by atoms with Crippen LogP contribution >= 0.6 is 0 Å². The normalized spacial score (nSPS) is 16.6. The Morgan fingerprint density at radius 2 is 1.96 bits per heavy atom. The van der Waals surface area contributed by atoms with Gasteiger partial charge in [-0.05, 0) is 24.6 Å². The van der Waals surface area contributed by atoms with Crippen molar-refractivity contribution in [2.45, 2.75) is 45.4 Å². The Hall–Kier alpha value is -1.69. The lowest BCUT2D eigenvalue weighted by atomic mass is 10.1. The van der Waals surface area contributed by atoms with E-state index in [9.17, 15) is 13.8 Å². The molecule has 0 radical (unpaired) electrons. The summed E-state index contributed by atoms with van der Waals surface area (Å²) in [6.07, 6.45) is 7.01. The molecule has 1 aromatic carbocycles. The number of Topliss-reactive ketones (excluding diaryl/α,β-unsaturated/α-hetero) is 1. The van der Waals surface area contributed by atoms with Crippen LogP contribution < -0.4 is 9.50 Å². The predicted molar refractivity (Wildman–Crippen MR) is 90.1 cm³/mol. The Balaban J connectivity index is 1.82. The van der Waals surface area contributed by atoms with Crippen LogP contribution in [0.3, 0.4) is 0 Å². The number of hydrogen-bond donors (Lipinski definition) is 1. The number of amides is 1. The van der Waals surface area contributed by atoms with Crippen molar-refractivity contribution in [3.8, 4) is 5.75 Å². The molecule has 1 N–H and O–H groups in total. The first kappa shape index (κ1) is 17.7. The summed E-state index contributed by atoms with van der Waals surface area (Å²) in [7, 11) is 0. The van der Waals surface area contributed by atoms with Gasteiger partial charge in [-0.2, -0.15) is 0 Å². The Bertz CT molecular complexity index is 600. The smallest absolute Gasteiger partial charge is 0.251 e.